The van der Waals surface area contributed by atoms with Gasteiger partial charge in [-0.25, -0.2) is 0 Å². The third-order valence-electron chi connectivity index (χ3n) is 3.94. The Morgan fingerprint density at radius 3 is 2.90 bits per heavy atom. The second-order valence-electron chi connectivity index (χ2n) is 5.44. The van der Waals surface area contributed by atoms with Crippen LogP contribution in [0.3, 0.4) is 0 Å². The molecular weight excluding hydrogens is 270 g/mol. The van der Waals surface area contributed by atoms with Crippen LogP contribution in [0.4, 0.5) is 0 Å². The highest BCUT2D eigenvalue weighted by Gasteiger charge is 2.26. The van der Waals surface area contributed by atoms with Gasteiger partial charge in [0.2, 0.25) is 11.7 Å². The summed E-state index contributed by atoms with van der Waals surface area (Å²) in [6.07, 6.45) is 5.91. The highest BCUT2D eigenvalue weighted by molar-refractivity contribution is 7.13. The number of hydrogen-bond acceptors (Lipinski definition) is 5. The van der Waals surface area contributed by atoms with Gasteiger partial charge in [-0.2, -0.15) is 4.98 Å². The van der Waals surface area contributed by atoms with Gasteiger partial charge < -0.3 is 9.84 Å². The molecule has 0 aromatic carbocycles. The average Bonchev–Trinajstić information content (AvgIpc) is 3.16. The zero-order valence-electron chi connectivity index (χ0n) is 11.8. The van der Waals surface area contributed by atoms with Gasteiger partial charge in [0.25, 0.3) is 0 Å². The standard InChI is InChI=1S/C15H21N3OS/c1-2-9-16-12-7-5-11(6-8-12)15-17-14(18-19-15)13-4-3-10-20-13/h3-4,10-12,16H,2,5-9H2,1H3. The van der Waals surface area contributed by atoms with Crippen LogP contribution in [0.25, 0.3) is 10.7 Å². The summed E-state index contributed by atoms with van der Waals surface area (Å²) in [7, 11) is 0. The molecule has 108 valence electrons. The maximum atomic E-state index is 5.47. The minimum atomic E-state index is 0.441. The molecular formula is C15H21N3OS. The second-order valence-corrected chi connectivity index (χ2v) is 6.38. The van der Waals surface area contributed by atoms with Crippen LogP contribution in [0.5, 0.6) is 0 Å². The van der Waals surface area contributed by atoms with Crippen LogP contribution >= 0.6 is 11.3 Å². The van der Waals surface area contributed by atoms with E-state index in [0.29, 0.717) is 12.0 Å². The van der Waals surface area contributed by atoms with E-state index in [4.69, 9.17) is 4.52 Å². The predicted octanol–water partition coefficient (Wildman–Crippen LogP) is 3.82. The molecule has 0 aliphatic heterocycles. The summed E-state index contributed by atoms with van der Waals surface area (Å²) in [6.45, 7) is 3.33. The van der Waals surface area contributed by atoms with Crippen molar-refractivity contribution >= 4 is 11.3 Å². The van der Waals surface area contributed by atoms with Gasteiger partial charge in [0.1, 0.15) is 0 Å². The van der Waals surface area contributed by atoms with Crippen LogP contribution in [0.1, 0.15) is 50.8 Å². The molecule has 0 atom stereocenters. The molecule has 1 saturated carbocycles. The molecule has 1 N–H and O–H groups in total. The fraction of sp³-hybridized carbons (Fsp3) is 0.600. The minimum Gasteiger partial charge on any atom is -0.339 e. The van der Waals surface area contributed by atoms with Crippen LogP contribution < -0.4 is 5.32 Å². The number of nitrogens with one attached hydrogen (secondary N) is 1. The Kier molecular flexibility index (Phi) is 4.47. The van der Waals surface area contributed by atoms with Crippen molar-refractivity contribution in [3.8, 4) is 10.7 Å². The topological polar surface area (TPSA) is 51.0 Å². The number of thiophene rings is 1. The molecule has 20 heavy (non-hydrogen) atoms. The first-order valence-corrected chi connectivity index (χ1v) is 8.35. The Labute approximate surface area is 123 Å². The Morgan fingerprint density at radius 2 is 2.20 bits per heavy atom. The highest BCUT2D eigenvalue weighted by Crippen LogP contribution is 2.33. The van der Waals surface area contributed by atoms with Crippen molar-refractivity contribution < 1.29 is 4.52 Å². The number of rotatable bonds is 5. The molecule has 2 heterocycles. The van der Waals surface area contributed by atoms with E-state index in [2.05, 4.69) is 22.4 Å². The van der Waals surface area contributed by atoms with Gasteiger partial charge in [-0.1, -0.05) is 18.1 Å². The summed E-state index contributed by atoms with van der Waals surface area (Å²) >= 11 is 1.65. The van der Waals surface area contributed by atoms with Crippen LogP contribution in [0, 0.1) is 0 Å². The maximum absolute atomic E-state index is 5.47. The first kappa shape index (κ1) is 13.8. The predicted molar refractivity (Wildman–Crippen MR) is 80.9 cm³/mol. The maximum Gasteiger partial charge on any atom is 0.230 e. The summed E-state index contributed by atoms with van der Waals surface area (Å²) in [5.41, 5.74) is 0. The van der Waals surface area contributed by atoms with E-state index in [1.165, 1.54) is 19.3 Å². The second kappa shape index (κ2) is 6.50. The Morgan fingerprint density at radius 1 is 1.35 bits per heavy atom. The van der Waals surface area contributed by atoms with E-state index < -0.39 is 0 Å². The van der Waals surface area contributed by atoms with Crippen molar-refractivity contribution in [3.05, 3.63) is 23.4 Å². The van der Waals surface area contributed by atoms with E-state index in [9.17, 15) is 0 Å². The molecule has 1 aliphatic rings. The third-order valence-corrected chi connectivity index (χ3v) is 4.81. The van der Waals surface area contributed by atoms with Gasteiger partial charge in [-0.15, -0.1) is 11.3 Å². The normalized spacial score (nSPS) is 23.1. The summed E-state index contributed by atoms with van der Waals surface area (Å²) in [5.74, 6) is 2.00. The first-order valence-electron chi connectivity index (χ1n) is 7.47. The van der Waals surface area contributed by atoms with Crippen molar-refractivity contribution in [2.45, 2.75) is 51.0 Å². The molecule has 1 aliphatic carbocycles. The van der Waals surface area contributed by atoms with E-state index in [0.717, 1.165) is 36.0 Å². The van der Waals surface area contributed by atoms with Crippen LogP contribution in [0.2, 0.25) is 0 Å². The third kappa shape index (κ3) is 3.10. The monoisotopic (exact) mass is 291 g/mol. The minimum absolute atomic E-state index is 0.441. The molecule has 2 aromatic rings. The Hall–Kier alpha value is -1.20. The molecule has 0 spiro atoms. The van der Waals surface area contributed by atoms with Crippen molar-refractivity contribution in [1.29, 1.82) is 0 Å². The molecule has 0 amide bonds. The van der Waals surface area contributed by atoms with Gasteiger partial charge in [0.15, 0.2) is 0 Å². The van der Waals surface area contributed by atoms with E-state index >= 15 is 0 Å². The lowest BCUT2D eigenvalue weighted by atomic mass is 9.86. The molecule has 0 unspecified atom stereocenters. The number of hydrogen-bond donors (Lipinski definition) is 1. The van der Waals surface area contributed by atoms with Crippen molar-refractivity contribution in [3.63, 3.8) is 0 Å². The van der Waals surface area contributed by atoms with Crippen molar-refractivity contribution in [1.82, 2.24) is 15.5 Å². The molecule has 5 heteroatoms. The SMILES string of the molecule is CCCNC1CCC(c2nc(-c3cccs3)no2)CC1. The fourth-order valence-electron chi connectivity index (χ4n) is 2.80. The molecule has 0 saturated heterocycles. The lowest BCUT2D eigenvalue weighted by Gasteiger charge is -2.27. The van der Waals surface area contributed by atoms with Gasteiger partial charge in [-0.3, -0.25) is 0 Å². The molecule has 4 nitrogen and oxygen atoms in total. The van der Waals surface area contributed by atoms with Crippen LogP contribution in [0.15, 0.2) is 22.0 Å². The smallest absolute Gasteiger partial charge is 0.230 e. The highest BCUT2D eigenvalue weighted by atomic mass is 32.1. The van der Waals surface area contributed by atoms with Crippen molar-refractivity contribution in [2.75, 3.05) is 6.54 Å². The van der Waals surface area contributed by atoms with Gasteiger partial charge in [-0.05, 0) is 50.1 Å². The quantitative estimate of drug-likeness (QED) is 0.909. The lowest BCUT2D eigenvalue weighted by Crippen LogP contribution is -2.33. The van der Waals surface area contributed by atoms with Crippen LogP contribution in [-0.2, 0) is 0 Å². The first-order chi connectivity index (χ1) is 9.86. The number of nitrogens with zero attached hydrogens (tertiary/aromatic N) is 2. The van der Waals surface area contributed by atoms with Gasteiger partial charge in [0, 0.05) is 12.0 Å². The molecule has 3 rings (SSSR count). The fourth-order valence-corrected chi connectivity index (χ4v) is 3.45. The summed E-state index contributed by atoms with van der Waals surface area (Å²) in [4.78, 5) is 5.66. The van der Waals surface area contributed by atoms with Crippen molar-refractivity contribution in [2.24, 2.45) is 0 Å². The molecule has 2 aromatic heterocycles. The summed E-state index contributed by atoms with van der Waals surface area (Å²) in [6, 6.07) is 4.72. The lowest BCUT2D eigenvalue weighted by molar-refractivity contribution is 0.283. The number of aromatic nitrogens is 2. The Bertz CT molecular complexity index is 515. The summed E-state index contributed by atoms with van der Waals surface area (Å²) in [5, 5.41) is 9.75. The zero-order valence-corrected chi connectivity index (χ0v) is 12.7. The molecule has 0 radical (unpaired) electrons. The average molecular weight is 291 g/mol. The Balaban J connectivity index is 1.58. The largest absolute Gasteiger partial charge is 0.339 e. The van der Waals surface area contributed by atoms with E-state index in [1.807, 2.05) is 17.5 Å². The molecule has 1 fully saturated rings. The molecule has 0 bridgehead atoms. The van der Waals surface area contributed by atoms with Crippen LogP contribution in [-0.4, -0.2) is 22.7 Å². The van der Waals surface area contributed by atoms with E-state index in [-0.39, 0.29) is 0 Å². The zero-order chi connectivity index (χ0) is 13.8. The van der Waals surface area contributed by atoms with Gasteiger partial charge >= 0.3 is 0 Å². The summed E-state index contributed by atoms with van der Waals surface area (Å²) < 4.78 is 5.47. The van der Waals surface area contributed by atoms with Gasteiger partial charge in [0.05, 0.1) is 4.88 Å². The van der Waals surface area contributed by atoms with E-state index in [1.54, 1.807) is 11.3 Å².